The van der Waals surface area contributed by atoms with Gasteiger partial charge in [-0.1, -0.05) is 37.3 Å². The first kappa shape index (κ1) is 15.2. The highest BCUT2D eigenvalue weighted by Gasteiger charge is 2.10. The highest BCUT2D eigenvalue weighted by Crippen LogP contribution is 2.19. The average Bonchev–Trinajstić information content (AvgIpc) is 2.50. The zero-order valence-electron chi connectivity index (χ0n) is 11.8. The lowest BCUT2D eigenvalue weighted by molar-refractivity contribution is 0.497. The molecule has 0 radical (unpaired) electrons. The number of pyridine rings is 1. The molecule has 2 rings (SSSR count). The summed E-state index contributed by atoms with van der Waals surface area (Å²) >= 11 is 3.42. The summed E-state index contributed by atoms with van der Waals surface area (Å²) in [6.07, 6.45) is 5.08. The van der Waals surface area contributed by atoms with Gasteiger partial charge in [0.1, 0.15) is 0 Å². The smallest absolute Gasteiger partial charge is 0.0413 e. The Morgan fingerprint density at radius 3 is 2.60 bits per heavy atom. The van der Waals surface area contributed by atoms with Crippen LogP contribution < -0.4 is 5.32 Å². The molecule has 0 saturated heterocycles. The van der Waals surface area contributed by atoms with Gasteiger partial charge in [-0.05, 0) is 59.4 Å². The van der Waals surface area contributed by atoms with Gasteiger partial charge in [-0.15, -0.1) is 0 Å². The van der Waals surface area contributed by atoms with Crippen molar-refractivity contribution in [3.63, 3.8) is 0 Å². The van der Waals surface area contributed by atoms with Gasteiger partial charge >= 0.3 is 0 Å². The Bertz CT molecular complexity index is 496. The van der Waals surface area contributed by atoms with Gasteiger partial charge in [-0.3, -0.25) is 4.98 Å². The Morgan fingerprint density at radius 2 is 1.95 bits per heavy atom. The molecule has 1 aromatic carbocycles. The van der Waals surface area contributed by atoms with Crippen LogP contribution in [0.25, 0.3) is 0 Å². The number of benzene rings is 1. The lowest BCUT2D eigenvalue weighted by Gasteiger charge is -2.18. The van der Waals surface area contributed by atoms with E-state index in [1.54, 1.807) is 0 Å². The van der Waals surface area contributed by atoms with E-state index in [0.717, 1.165) is 36.0 Å². The summed E-state index contributed by atoms with van der Waals surface area (Å²) < 4.78 is 1.03. The highest BCUT2D eigenvalue weighted by atomic mass is 79.9. The maximum atomic E-state index is 4.45. The predicted octanol–water partition coefficient (Wildman–Crippen LogP) is 4.52. The Labute approximate surface area is 129 Å². The fourth-order valence-electron chi connectivity index (χ4n) is 2.24. The molecule has 0 fully saturated rings. The van der Waals surface area contributed by atoms with Crippen molar-refractivity contribution in [2.24, 2.45) is 0 Å². The number of aromatic nitrogens is 1. The second-order valence-electron chi connectivity index (χ2n) is 4.92. The Balaban J connectivity index is 1.99. The van der Waals surface area contributed by atoms with Crippen LogP contribution in [0.1, 0.15) is 37.1 Å². The molecule has 1 N–H and O–H groups in total. The largest absolute Gasteiger partial charge is 0.310 e. The zero-order chi connectivity index (χ0) is 14.2. The van der Waals surface area contributed by atoms with Crippen LogP contribution in [0.2, 0.25) is 0 Å². The van der Waals surface area contributed by atoms with Crippen molar-refractivity contribution in [3.05, 3.63) is 64.4 Å². The van der Waals surface area contributed by atoms with Gasteiger partial charge in [0.15, 0.2) is 0 Å². The summed E-state index contributed by atoms with van der Waals surface area (Å²) in [7, 11) is 0. The number of hydrogen-bond donors (Lipinski definition) is 1. The number of nitrogens with one attached hydrogen (secondary N) is 1. The first-order chi connectivity index (χ1) is 9.79. The molecule has 1 unspecified atom stereocenters. The second-order valence-corrected chi connectivity index (χ2v) is 5.84. The first-order valence-electron chi connectivity index (χ1n) is 7.18. The van der Waals surface area contributed by atoms with E-state index in [0.29, 0.717) is 6.04 Å². The summed E-state index contributed by atoms with van der Waals surface area (Å²) in [6, 6.07) is 15.2. The summed E-state index contributed by atoms with van der Waals surface area (Å²) in [6.45, 7) is 3.25. The fourth-order valence-corrected chi connectivity index (χ4v) is 2.47. The third-order valence-corrected chi connectivity index (χ3v) is 3.79. The molecule has 20 heavy (non-hydrogen) atoms. The maximum Gasteiger partial charge on any atom is 0.0413 e. The van der Waals surface area contributed by atoms with Crippen LogP contribution in [-0.2, 0) is 6.42 Å². The van der Waals surface area contributed by atoms with E-state index in [1.807, 2.05) is 6.20 Å². The minimum atomic E-state index is 0.404. The van der Waals surface area contributed by atoms with Crippen molar-refractivity contribution in [2.75, 3.05) is 6.54 Å². The van der Waals surface area contributed by atoms with Crippen LogP contribution in [-0.4, -0.2) is 11.5 Å². The van der Waals surface area contributed by atoms with E-state index in [4.69, 9.17) is 0 Å². The molecule has 2 aromatic rings. The standard InChI is InChI=1S/C17H21BrN2/c1-2-12-19-17(14-6-4-3-5-7-14)11-10-16-9-8-15(18)13-20-16/h3-9,13,17,19H,2,10-12H2,1H3. The number of aryl methyl sites for hydroxylation is 1. The topological polar surface area (TPSA) is 24.9 Å². The van der Waals surface area contributed by atoms with Gasteiger partial charge in [0.2, 0.25) is 0 Å². The third-order valence-electron chi connectivity index (χ3n) is 3.32. The van der Waals surface area contributed by atoms with Gasteiger partial charge in [0.25, 0.3) is 0 Å². The van der Waals surface area contributed by atoms with Gasteiger partial charge < -0.3 is 5.32 Å². The molecule has 0 aliphatic heterocycles. The molecule has 0 amide bonds. The lowest BCUT2D eigenvalue weighted by Crippen LogP contribution is -2.22. The summed E-state index contributed by atoms with van der Waals surface area (Å²) in [5.74, 6) is 0. The minimum Gasteiger partial charge on any atom is -0.310 e. The van der Waals surface area contributed by atoms with Crippen molar-refractivity contribution in [1.82, 2.24) is 10.3 Å². The summed E-state index contributed by atoms with van der Waals surface area (Å²) in [5, 5.41) is 3.63. The molecule has 1 aromatic heterocycles. The minimum absolute atomic E-state index is 0.404. The molecular weight excluding hydrogens is 312 g/mol. The molecular formula is C17H21BrN2. The van der Waals surface area contributed by atoms with Gasteiger partial charge in [0, 0.05) is 22.4 Å². The molecule has 2 nitrogen and oxygen atoms in total. The summed E-state index contributed by atoms with van der Waals surface area (Å²) in [4.78, 5) is 4.45. The first-order valence-corrected chi connectivity index (χ1v) is 7.97. The van der Waals surface area contributed by atoms with Crippen molar-refractivity contribution in [1.29, 1.82) is 0 Å². The molecule has 0 bridgehead atoms. The molecule has 0 spiro atoms. The van der Waals surface area contributed by atoms with Crippen molar-refractivity contribution >= 4 is 15.9 Å². The van der Waals surface area contributed by atoms with E-state index >= 15 is 0 Å². The molecule has 3 heteroatoms. The molecule has 1 atom stereocenters. The highest BCUT2D eigenvalue weighted by molar-refractivity contribution is 9.10. The average molecular weight is 333 g/mol. The van der Waals surface area contributed by atoms with Gasteiger partial charge in [0.05, 0.1) is 0 Å². The van der Waals surface area contributed by atoms with Crippen LogP contribution in [0.4, 0.5) is 0 Å². The van der Waals surface area contributed by atoms with Crippen LogP contribution in [0.15, 0.2) is 53.1 Å². The maximum absolute atomic E-state index is 4.45. The van der Waals surface area contributed by atoms with E-state index in [-0.39, 0.29) is 0 Å². The van der Waals surface area contributed by atoms with Gasteiger partial charge in [-0.2, -0.15) is 0 Å². The van der Waals surface area contributed by atoms with E-state index in [1.165, 1.54) is 5.56 Å². The van der Waals surface area contributed by atoms with Crippen molar-refractivity contribution in [2.45, 2.75) is 32.2 Å². The van der Waals surface area contributed by atoms with E-state index < -0.39 is 0 Å². The van der Waals surface area contributed by atoms with E-state index in [9.17, 15) is 0 Å². The molecule has 0 saturated carbocycles. The van der Waals surface area contributed by atoms with Crippen LogP contribution in [0.5, 0.6) is 0 Å². The number of nitrogens with zero attached hydrogens (tertiary/aromatic N) is 1. The fraction of sp³-hybridized carbons (Fsp3) is 0.353. The zero-order valence-corrected chi connectivity index (χ0v) is 13.4. The molecule has 0 aliphatic rings. The lowest BCUT2D eigenvalue weighted by atomic mass is 10.0. The molecule has 0 aliphatic carbocycles. The van der Waals surface area contributed by atoms with Crippen LogP contribution in [0.3, 0.4) is 0 Å². The Morgan fingerprint density at radius 1 is 1.15 bits per heavy atom. The number of rotatable bonds is 7. The van der Waals surface area contributed by atoms with Crippen LogP contribution in [0, 0.1) is 0 Å². The Kier molecular flexibility index (Phi) is 6.22. The number of halogens is 1. The van der Waals surface area contributed by atoms with Crippen molar-refractivity contribution < 1.29 is 0 Å². The molecule has 1 heterocycles. The van der Waals surface area contributed by atoms with Crippen molar-refractivity contribution in [3.8, 4) is 0 Å². The predicted molar refractivity (Wildman–Crippen MR) is 87.7 cm³/mol. The van der Waals surface area contributed by atoms with Crippen LogP contribution >= 0.6 is 15.9 Å². The normalized spacial score (nSPS) is 12.3. The quantitative estimate of drug-likeness (QED) is 0.806. The van der Waals surface area contributed by atoms with Gasteiger partial charge in [-0.25, -0.2) is 0 Å². The molecule has 106 valence electrons. The second kappa shape index (κ2) is 8.18. The Hall–Kier alpha value is -1.19. The summed E-state index contributed by atoms with van der Waals surface area (Å²) in [5.41, 5.74) is 2.51. The monoisotopic (exact) mass is 332 g/mol. The number of hydrogen-bond acceptors (Lipinski definition) is 2. The SMILES string of the molecule is CCCNC(CCc1ccc(Br)cn1)c1ccccc1. The third kappa shape index (κ3) is 4.73. The van der Waals surface area contributed by atoms with E-state index in [2.05, 4.69) is 75.6 Å².